The highest BCUT2D eigenvalue weighted by molar-refractivity contribution is 5.81. The molecule has 0 radical (unpaired) electrons. The maximum absolute atomic E-state index is 10.4. The van der Waals surface area contributed by atoms with Gasteiger partial charge < -0.3 is 19.6 Å². The molecule has 0 atom stereocenters. The number of aryl methyl sites for hydroxylation is 1. The fourth-order valence-corrected chi connectivity index (χ4v) is 2.63. The van der Waals surface area contributed by atoms with E-state index in [0.717, 1.165) is 16.6 Å². The fourth-order valence-electron chi connectivity index (χ4n) is 2.63. The van der Waals surface area contributed by atoms with Crippen LogP contribution < -0.4 is 5.32 Å². The lowest BCUT2D eigenvalue weighted by molar-refractivity contribution is 0.194. The summed E-state index contributed by atoms with van der Waals surface area (Å²) >= 11 is 0. The lowest BCUT2D eigenvalue weighted by Gasteiger charge is -2.04. The molecule has 0 aliphatic carbocycles. The van der Waals surface area contributed by atoms with Crippen LogP contribution in [0.5, 0.6) is 0 Å². The van der Waals surface area contributed by atoms with Gasteiger partial charge in [0.2, 0.25) is 0 Å². The van der Waals surface area contributed by atoms with Gasteiger partial charge in [0.05, 0.1) is 30.2 Å². The van der Waals surface area contributed by atoms with Gasteiger partial charge in [0.1, 0.15) is 0 Å². The average molecular weight is 323 g/mol. The molecule has 0 fully saturated rings. The zero-order valence-electron chi connectivity index (χ0n) is 13.0. The molecule has 0 saturated carbocycles. The number of hydrogen-bond donors (Lipinski definition) is 2. The number of carboxylic acid groups (broad SMARTS) is 1. The molecular formula is C17H17N5O2. The van der Waals surface area contributed by atoms with Crippen molar-refractivity contribution < 1.29 is 9.90 Å². The third-order valence-electron chi connectivity index (χ3n) is 3.79. The Bertz CT molecular complexity index is 903. The van der Waals surface area contributed by atoms with E-state index in [4.69, 9.17) is 10.4 Å². The standard InChI is InChI=1S/C17H17N5O2/c18-9-13-2-3-14-4-7-22(16(14)8-13)11-15-10-21(12-20-15)6-1-5-19-17(23)24/h2-4,7-8,10,12,19H,1,5-6,11H2,(H,23,24). The minimum atomic E-state index is -1.00. The first-order valence-electron chi connectivity index (χ1n) is 7.62. The van der Waals surface area contributed by atoms with Gasteiger partial charge in [0, 0.05) is 31.0 Å². The minimum absolute atomic E-state index is 0.419. The lowest BCUT2D eigenvalue weighted by atomic mass is 10.2. The number of nitrogens with one attached hydrogen (secondary N) is 1. The van der Waals surface area contributed by atoms with Crippen LogP contribution in [0.3, 0.4) is 0 Å². The molecule has 0 saturated heterocycles. The van der Waals surface area contributed by atoms with Gasteiger partial charge in [0.15, 0.2) is 0 Å². The highest BCUT2D eigenvalue weighted by Crippen LogP contribution is 2.18. The van der Waals surface area contributed by atoms with E-state index < -0.39 is 6.09 Å². The quantitative estimate of drug-likeness (QED) is 0.681. The van der Waals surface area contributed by atoms with E-state index in [1.165, 1.54) is 0 Å². The van der Waals surface area contributed by atoms with Crippen LogP contribution in [0.4, 0.5) is 4.79 Å². The molecule has 7 nitrogen and oxygen atoms in total. The third-order valence-corrected chi connectivity index (χ3v) is 3.79. The lowest BCUT2D eigenvalue weighted by Crippen LogP contribution is -2.22. The first-order chi connectivity index (χ1) is 11.7. The summed E-state index contributed by atoms with van der Waals surface area (Å²) in [7, 11) is 0. The normalized spacial score (nSPS) is 10.6. The van der Waals surface area contributed by atoms with Gasteiger partial charge in [-0.15, -0.1) is 0 Å². The summed E-state index contributed by atoms with van der Waals surface area (Å²) in [6.07, 6.45) is 5.41. The van der Waals surface area contributed by atoms with Gasteiger partial charge in [-0.2, -0.15) is 5.26 Å². The Morgan fingerprint density at radius 1 is 1.38 bits per heavy atom. The van der Waals surface area contributed by atoms with Gasteiger partial charge in [-0.3, -0.25) is 0 Å². The number of carbonyl (C=O) groups is 1. The predicted molar refractivity (Wildman–Crippen MR) is 88.6 cm³/mol. The van der Waals surface area contributed by atoms with Crippen LogP contribution in [-0.4, -0.2) is 31.9 Å². The van der Waals surface area contributed by atoms with Crippen LogP contribution in [0.15, 0.2) is 43.0 Å². The third kappa shape index (κ3) is 3.55. The number of fused-ring (bicyclic) bond motifs is 1. The second-order valence-electron chi connectivity index (χ2n) is 5.52. The molecular weight excluding hydrogens is 306 g/mol. The molecule has 1 aromatic carbocycles. The summed E-state index contributed by atoms with van der Waals surface area (Å²) in [6, 6.07) is 9.81. The first kappa shape index (κ1) is 15.6. The van der Waals surface area contributed by atoms with Crippen molar-refractivity contribution in [1.29, 1.82) is 5.26 Å². The average Bonchev–Trinajstić information content (AvgIpc) is 3.18. The van der Waals surface area contributed by atoms with Crippen molar-refractivity contribution in [1.82, 2.24) is 19.4 Å². The van der Waals surface area contributed by atoms with Gasteiger partial charge in [0.25, 0.3) is 0 Å². The number of amides is 1. The highest BCUT2D eigenvalue weighted by atomic mass is 16.4. The Kier molecular flexibility index (Phi) is 4.47. The Labute approximate surface area is 138 Å². The zero-order chi connectivity index (χ0) is 16.9. The van der Waals surface area contributed by atoms with Gasteiger partial charge in [-0.05, 0) is 30.0 Å². The van der Waals surface area contributed by atoms with Crippen molar-refractivity contribution in [2.24, 2.45) is 0 Å². The molecule has 2 aromatic heterocycles. The molecule has 0 spiro atoms. The fraction of sp³-hybridized carbons (Fsp3) is 0.235. The number of nitrogens with zero attached hydrogens (tertiary/aromatic N) is 4. The molecule has 122 valence electrons. The van der Waals surface area contributed by atoms with Crippen molar-refractivity contribution in [3.8, 4) is 6.07 Å². The number of imidazole rings is 1. The molecule has 7 heteroatoms. The molecule has 0 aliphatic heterocycles. The van der Waals surface area contributed by atoms with Crippen LogP contribution in [0.2, 0.25) is 0 Å². The Balaban J connectivity index is 1.66. The first-order valence-corrected chi connectivity index (χ1v) is 7.62. The maximum atomic E-state index is 10.4. The molecule has 3 aromatic rings. The van der Waals surface area contributed by atoms with Crippen LogP contribution in [0.25, 0.3) is 10.9 Å². The number of nitriles is 1. The Morgan fingerprint density at radius 3 is 3.04 bits per heavy atom. The van der Waals surface area contributed by atoms with E-state index in [0.29, 0.717) is 31.6 Å². The van der Waals surface area contributed by atoms with Crippen LogP contribution in [0.1, 0.15) is 17.7 Å². The Hall–Kier alpha value is -3.27. The number of aromatic nitrogens is 3. The number of benzene rings is 1. The van der Waals surface area contributed by atoms with Gasteiger partial charge in [-0.25, -0.2) is 9.78 Å². The van der Waals surface area contributed by atoms with Gasteiger partial charge >= 0.3 is 6.09 Å². The second kappa shape index (κ2) is 6.87. The van der Waals surface area contributed by atoms with E-state index in [1.807, 2.05) is 41.2 Å². The molecule has 3 rings (SSSR count). The summed E-state index contributed by atoms with van der Waals surface area (Å²) in [4.78, 5) is 14.8. The highest BCUT2D eigenvalue weighted by Gasteiger charge is 2.05. The largest absolute Gasteiger partial charge is 0.465 e. The summed E-state index contributed by atoms with van der Waals surface area (Å²) < 4.78 is 4.01. The SMILES string of the molecule is N#Cc1ccc2ccn(Cc3cn(CCCNC(=O)O)cn3)c2c1. The van der Waals surface area contributed by atoms with Crippen molar-refractivity contribution in [2.75, 3.05) is 6.54 Å². The second-order valence-corrected chi connectivity index (χ2v) is 5.52. The predicted octanol–water partition coefficient (Wildman–Crippen LogP) is 2.42. The van der Waals surface area contributed by atoms with Crippen LogP contribution in [0, 0.1) is 11.3 Å². The van der Waals surface area contributed by atoms with Crippen LogP contribution >= 0.6 is 0 Å². The molecule has 0 aliphatic rings. The van der Waals surface area contributed by atoms with Crippen molar-refractivity contribution in [2.45, 2.75) is 19.5 Å². The number of rotatable bonds is 6. The molecule has 0 bridgehead atoms. The smallest absolute Gasteiger partial charge is 0.404 e. The maximum Gasteiger partial charge on any atom is 0.404 e. The molecule has 1 amide bonds. The topological polar surface area (TPSA) is 95.9 Å². The molecule has 0 unspecified atom stereocenters. The van der Waals surface area contributed by atoms with Crippen molar-refractivity contribution >= 4 is 17.0 Å². The van der Waals surface area contributed by atoms with Crippen LogP contribution in [-0.2, 0) is 13.1 Å². The molecule has 24 heavy (non-hydrogen) atoms. The Morgan fingerprint density at radius 2 is 2.25 bits per heavy atom. The van der Waals surface area contributed by atoms with Crippen molar-refractivity contribution in [3.05, 3.63) is 54.2 Å². The molecule has 2 N–H and O–H groups in total. The summed E-state index contributed by atoms with van der Waals surface area (Å²) in [6.45, 7) is 1.75. The van der Waals surface area contributed by atoms with E-state index in [2.05, 4.69) is 20.9 Å². The minimum Gasteiger partial charge on any atom is -0.465 e. The zero-order valence-corrected chi connectivity index (χ0v) is 13.0. The molecule has 2 heterocycles. The van der Waals surface area contributed by atoms with E-state index in [9.17, 15) is 4.79 Å². The summed E-state index contributed by atoms with van der Waals surface area (Å²) in [5.41, 5.74) is 2.56. The summed E-state index contributed by atoms with van der Waals surface area (Å²) in [5, 5.41) is 21.0. The van der Waals surface area contributed by atoms with E-state index in [1.54, 1.807) is 6.33 Å². The monoisotopic (exact) mass is 323 g/mol. The van der Waals surface area contributed by atoms with Crippen molar-refractivity contribution in [3.63, 3.8) is 0 Å². The number of hydrogen-bond acceptors (Lipinski definition) is 3. The summed E-state index contributed by atoms with van der Waals surface area (Å²) in [5.74, 6) is 0. The van der Waals surface area contributed by atoms with Gasteiger partial charge in [-0.1, -0.05) is 6.07 Å². The van der Waals surface area contributed by atoms with E-state index in [-0.39, 0.29) is 0 Å². The van der Waals surface area contributed by atoms with E-state index >= 15 is 0 Å².